The lowest BCUT2D eigenvalue weighted by Gasteiger charge is -2.26. The Labute approximate surface area is 230 Å². The number of nitrogens with one attached hydrogen (secondary N) is 2. The number of ether oxygens (including phenoxy) is 1. The number of hydrogen-bond donors (Lipinski definition) is 3. The highest BCUT2D eigenvalue weighted by Gasteiger charge is 2.22. The second kappa shape index (κ2) is 11.3. The Morgan fingerprint density at radius 1 is 1.23 bits per heavy atom. The molecule has 1 amide bonds. The summed E-state index contributed by atoms with van der Waals surface area (Å²) in [5.74, 6) is -0.761. The third-order valence-electron chi connectivity index (χ3n) is 6.60. The van der Waals surface area contributed by atoms with Crippen LogP contribution in [-0.4, -0.2) is 89.3 Å². The summed E-state index contributed by atoms with van der Waals surface area (Å²) in [6.07, 6.45) is 3.24. The number of aromatic nitrogens is 4. The van der Waals surface area contributed by atoms with E-state index in [4.69, 9.17) is 10.5 Å². The van der Waals surface area contributed by atoms with Gasteiger partial charge in [-0.3, -0.25) is 14.4 Å². The molecule has 0 bridgehead atoms. The van der Waals surface area contributed by atoms with E-state index in [1.54, 1.807) is 37.6 Å². The molecule has 14 heteroatoms. The van der Waals surface area contributed by atoms with Crippen molar-refractivity contribution in [2.24, 2.45) is 12.8 Å². The molecule has 212 valence electrons. The monoisotopic (exact) mass is 570 g/mol. The fraction of sp³-hybridized carbons (Fsp3) is 0.385. The molecular formula is C26H31FN8O4S. The predicted octanol–water partition coefficient (Wildman–Crippen LogP) is 1.78. The second-order valence-corrected chi connectivity index (χ2v) is 12.2. The Morgan fingerprint density at radius 2 is 2.00 bits per heavy atom. The first-order valence-electron chi connectivity index (χ1n) is 12.9. The van der Waals surface area contributed by atoms with Gasteiger partial charge in [-0.05, 0) is 31.2 Å². The summed E-state index contributed by atoms with van der Waals surface area (Å²) in [6.45, 7) is 4.04. The number of aryl methyl sites for hydroxylation is 1. The van der Waals surface area contributed by atoms with Crippen molar-refractivity contribution < 1.29 is 22.3 Å². The van der Waals surface area contributed by atoms with E-state index < -0.39 is 21.6 Å². The minimum Gasteiger partial charge on any atom is -0.462 e. The molecule has 0 saturated carbocycles. The maximum absolute atomic E-state index is 14.6. The van der Waals surface area contributed by atoms with E-state index in [1.165, 1.54) is 10.7 Å². The molecule has 40 heavy (non-hydrogen) atoms. The standard InChI is InChI=1S/C26H31FN8O4S/c1-16(28)13-29-22-4-3-19(25(36)31-18-11-17-15-34(2)33-23(17)21(27)12-18)24-20(22)14-30-26(32-24)39-8-5-35-6-9-40(37,38)10-7-35/h3-4,11-12,14-16,29H,5-10,13,28H2,1-2H3,(H,31,36)/t16-/m0/s1. The van der Waals surface area contributed by atoms with E-state index in [1.807, 2.05) is 11.8 Å². The van der Waals surface area contributed by atoms with Gasteiger partial charge >= 0.3 is 6.01 Å². The van der Waals surface area contributed by atoms with Gasteiger partial charge in [0.15, 0.2) is 15.7 Å². The molecule has 1 saturated heterocycles. The third kappa shape index (κ3) is 6.29. The number of nitrogens with two attached hydrogens (primary N) is 1. The molecule has 0 aliphatic carbocycles. The average Bonchev–Trinajstić information content (AvgIpc) is 3.28. The molecule has 1 atom stereocenters. The molecule has 3 heterocycles. The SMILES string of the molecule is C[C@H](N)CNc1ccc(C(=O)Nc2cc(F)c3nn(C)cc3c2)c2nc(OCCN3CCS(=O)(=O)CC3)ncc12. The number of sulfone groups is 1. The summed E-state index contributed by atoms with van der Waals surface area (Å²) in [5.41, 5.74) is 7.71. The number of fused-ring (bicyclic) bond motifs is 2. The van der Waals surface area contributed by atoms with Gasteiger partial charge in [0.05, 0.1) is 22.6 Å². The van der Waals surface area contributed by atoms with Crippen molar-refractivity contribution >= 4 is 48.9 Å². The first-order valence-corrected chi connectivity index (χ1v) is 14.7. The van der Waals surface area contributed by atoms with Crippen molar-refractivity contribution in [2.75, 3.05) is 54.9 Å². The molecule has 2 aromatic heterocycles. The molecular weight excluding hydrogens is 539 g/mol. The summed E-state index contributed by atoms with van der Waals surface area (Å²) < 4.78 is 45.2. The molecule has 12 nitrogen and oxygen atoms in total. The Morgan fingerprint density at radius 3 is 2.75 bits per heavy atom. The van der Waals surface area contributed by atoms with Crippen LogP contribution in [0.15, 0.2) is 36.7 Å². The van der Waals surface area contributed by atoms with Crippen LogP contribution in [-0.2, 0) is 16.9 Å². The van der Waals surface area contributed by atoms with Crippen molar-refractivity contribution in [3.63, 3.8) is 0 Å². The molecule has 5 rings (SSSR count). The van der Waals surface area contributed by atoms with Crippen molar-refractivity contribution in [3.05, 3.63) is 48.0 Å². The molecule has 2 aromatic carbocycles. The van der Waals surface area contributed by atoms with Crippen molar-refractivity contribution in [1.82, 2.24) is 24.6 Å². The lowest BCUT2D eigenvalue weighted by atomic mass is 10.1. The van der Waals surface area contributed by atoms with Crippen LogP contribution in [0.3, 0.4) is 0 Å². The first-order chi connectivity index (χ1) is 19.1. The van der Waals surface area contributed by atoms with Gasteiger partial charge in [0.2, 0.25) is 0 Å². The number of carbonyl (C=O) groups excluding carboxylic acids is 1. The second-order valence-electron chi connectivity index (χ2n) is 9.93. The molecule has 0 spiro atoms. The zero-order chi connectivity index (χ0) is 28.4. The highest BCUT2D eigenvalue weighted by molar-refractivity contribution is 7.91. The maximum atomic E-state index is 14.6. The summed E-state index contributed by atoms with van der Waals surface area (Å²) in [5, 5.41) is 11.3. The van der Waals surface area contributed by atoms with Crippen molar-refractivity contribution in [2.45, 2.75) is 13.0 Å². The third-order valence-corrected chi connectivity index (χ3v) is 8.21. The van der Waals surface area contributed by atoms with E-state index >= 15 is 0 Å². The van der Waals surface area contributed by atoms with E-state index in [0.29, 0.717) is 48.2 Å². The minimum atomic E-state index is -2.96. The van der Waals surface area contributed by atoms with Crippen LogP contribution in [0.25, 0.3) is 21.8 Å². The van der Waals surface area contributed by atoms with Crippen LogP contribution in [0.1, 0.15) is 17.3 Å². The number of anilines is 2. The Bertz CT molecular complexity index is 1660. The van der Waals surface area contributed by atoms with Crippen molar-refractivity contribution in [3.8, 4) is 6.01 Å². The topological polar surface area (TPSA) is 157 Å². The van der Waals surface area contributed by atoms with Gasteiger partial charge in [0.25, 0.3) is 5.91 Å². The molecule has 4 N–H and O–H groups in total. The smallest absolute Gasteiger partial charge is 0.316 e. The highest BCUT2D eigenvalue weighted by Crippen LogP contribution is 2.28. The maximum Gasteiger partial charge on any atom is 0.316 e. The largest absolute Gasteiger partial charge is 0.462 e. The number of halogens is 1. The zero-order valence-electron chi connectivity index (χ0n) is 22.2. The average molecular weight is 571 g/mol. The van der Waals surface area contributed by atoms with Gasteiger partial charge in [0.1, 0.15) is 12.1 Å². The van der Waals surface area contributed by atoms with Gasteiger partial charge in [-0.2, -0.15) is 10.1 Å². The Kier molecular flexibility index (Phi) is 7.83. The fourth-order valence-electron chi connectivity index (χ4n) is 4.50. The lowest BCUT2D eigenvalue weighted by Crippen LogP contribution is -2.42. The van der Waals surface area contributed by atoms with Gasteiger partial charge < -0.3 is 21.1 Å². The summed E-state index contributed by atoms with van der Waals surface area (Å²) >= 11 is 0. The van der Waals surface area contributed by atoms with E-state index in [2.05, 4.69) is 25.7 Å². The molecule has 0 unspecified atom stereocenters. The normalized spacial score (nSPS) is 16.2. The predicted molar refractivity (Wildman–Crippen MR) is 151 cm³/mol. The Hall–Kier alpha value is -3.88. The lowest BCUT2D eigenvalue weighted by molar-refractivity contribution is 0.102. The number of amides is 1. The van der Waals surface area contributed by atoms with Gasteiger partial charge in [-0.25, -0.2) is 17.8 Å². The quantitative estimate of drug-likeness (QED) is 0.271. The number of nitrogens with zero attached hydrogens (tertiary/aromatic N) is 5. The molecule has 1 fully saturated rings. The zero-order valence-corrected chi connectivity index (χ0v) is 23.0. The van der Waals surface area contributed by atoms with Crippen LogP contribution >= 0.6 is 0 Å². The summed E-state index contributed by atoms with van der Waals surface area (Å²) in [6, 6.07) is 6.23. The van der Waals surface area contributed by atoms with Gasteiger partial charge in [-0.15, -0.1) is 0 Å². The van der Waals surface area contributed by atoms with Crippen LogP contribution in [0.5, 0.6) is 6.01 Å². The minimum absolute atomic E-state index is 0.0818. The molecule has 1 aliphatic heterocycles. The van der Waals surface area contributed by atoms with Crippen LogP contribution < -0.4 is 21.1 Å². The van der Waals surface area contributed by atoms with Gasteiger partial charge in [-0.1, -0.05) is 0 Å². The van der Waals surface area contributed by atoms with Gasteiger partial charge in [0, 0.05) is 73.8 Å². The first kappa shape index (κ1) is 27.7. The Balaban J connectivity index is 1.39. The van der Waals surface area contributed by atoms with E-state index in [-0.39, 0.29) is 46.9 Å². The molecule has 4 aromatic rings. The highest BCUT2D eigenvalue weighted by atomic mass is 32.2. The summed E-state index contributed by atoms with van der Waals surface area (Å²) in [7, 11) is -1.27. The number of benzene rings is 2. The fourth-order valence-corrected chi connectivity index (χ4v) is 5.78. The number of hydrogen-bond acceptors (Lipinski definition) is 10. The number of carbonyl (C=O) groups is 1. The molecule has 1 aliphatic rings. The van der Waals surface area contributed by atoms with Crippen LogP contribution in [0.4, 0.5) is 15.8 Å². The summed E-state index contributed by atoms with van der Waals surface area (Å²) in [4.78, 5) is 24.3. The van der Waals surface area contributed by atoms with Crippen LogP contribution in [0, 0.1) is 5.82 Å². The van der Waals surface area contributed by atoms with E-state index in [9.17, 15) is 17.6 Å². The van der Waals surface area contributed by atoms with Crippen molar-refractivity contribution in [1.29, 1.82) is 0 Å². The molecule has 0 radical (unpaired) electrons. The van der Waals surface area contributed by atoms with Crippen LogP contribution in [0.2, 0.25) is 0 Å². The van der Waals surface area contributed by atoms with E-state index in [0.717, 1.165) is 0 Å². The number of rotatable bonds is 9.